The summed E-state index contributed by atoms with van der Waals surface area (Å²) in [6.07, 6.45) is 0. The molecule has 0 bridgehead atoms. The van der Waals surface area contributed by atoms with Crippen LogP contribution in [0.2, 0.25) is 0 Å². The fourth-order valence-electron chi connectivity index (χ4n) is 3.65. The van der Waals surface area contributed by atoms with Crippen LogP contribution in [0, 0.1) is 13.8 Å². The molecule has 0 aliphatic carbocycles. The highest BCUT2D eigenvalue weighted by Gasteiger charge is 2.23. The van der Waals surface area contributed by atoms with Gasteiger partial charge in [0.1, 0.15) is 5.75 Å². The summed E-state index contributed by atoms with van der Waals surface area (Å²) in [6.45, 7) is 7.57. The standard InChI is InChI=1S/C24H26N2O4/c1-14(2)20-21(22(27)18-10-15(3)9-16(4)11-18)25-24(29)26(23(20)28)13-17-7-6-8-19(12-17)30-5/h6-12,14H,13H2,1-5H3,(H,25,29). The molecule has 0 aliphatic heterocycles. The second-order valence-electron chi connectivity index (χ2n) is 7.82. The lowest BCUT2D eigenvalue weighted by Crippen LogP contribution is -2.40. The summed E-state index contributed by atoms with van der Waals surface area (Å²) < 4.78 is 6.34. The van der Waals surface area contributed by atoms with E-state index in [1.54, 1.807) is 37.4 Å². The summed E-state index contributed by atoms with van der Waals surface area (Å²) in [4.78, 5) is 41.9. The van der Waals surface area contributed by atoms with E-state index in [1.165, 1.54) is 0 Å². The molecular weight excluding hydrogens is 380 g/mol. The molecule has 1 aromatic heterocycles. The fraction of sp³-hybridized carbons (Fsp3) is 0.292. The van der Waals surface area contributed by atoms with Crippen molar-refractivity contribution in [3.05, 3.63) is 96.8 Å². The molecule has 0 unspecified atom stereocenters. The van der Waals surface area contributed by atoms with E-state index in [0.717, 1.165) is 21.3 Å². The number of methoxy groups -OCH3 is 1. The van der Waals surface area contributed by atoms with Gasteiger partial charge in [-0.05, 0) is 49.6 Å². The molecule has 0 atom stereocenters. The van der Waals surface area contributed by atoms with Crippen molar-refractivity contribution in [1.82, 2.24) is 9.55 Å². The summed E-state index contributed by atoms with van der Waals surface area (Å²) in [7, 11) is 1.56. The number of nitrogens with one attached hydrogen (secondary N) is 1. The number of aromatic amines is 1. The number of hydrogen-bond donors (Lipinski definition) is 1. The van der Waals surface area contributed by atoms with Crippen LogP contribution >= 0.6 is 0 Å². The molecule has 0 radical (unpaired) electrons. The molecule has 1 heterocycles. The van der Waals surface area contributed by atoms with Gasteiger partial charge in [0.05, 0.1) is 19.3 Å². The number of aromatic nitrogens is 2. The summed E-state index contributed by atoms with van der Waals surface area (Å²) in [6, 6.07) is 12.7. The lowest BCUT2D eigenvalue weighted by Gasteiger charge is -2.15. The van der Waals surface area contributed by atoms with Crippen molar-refractivity contribution in [2.24, 2.45) is 0 Å². The number of H-pyrrole nitrogens is 1. The fourth-order valence-corrected chi connectivity index (χ4v) is 3.65. The zero-order valence-electron chi connectivity index (χ0n) is 17.9. The highest BCUT2D eigenvalue weighted by molar-refractivity contribution is 6.08. The van der Waals surface area contributed by atoms with Crippen molar-refractivity contribution in [2.75, 3.05) is 7.11 Å². The first-order valence-electron chi connectivity index (χ1n) is 9.84. The third-order valence-electron chi connectivity index (χ3n) is 4.99. The number of ether oxygens (including phenoxy) is 1. The Labute approximate surface area is 175 Å². The Morgan fingerprint density at radius 2 is 1.73 bits per heavy atom. The van der Waals surface area contributed by atoms with Crippen LogP contribution in [0.1, 0.15) is 58.1 Å². The number of hydrogen-bond acceptors (Lipinski definition) is 4. The van der Waals surface area contributed by atoms with E-state index in [1.807, 2.05) is 39.8 Å². The average Bonchev–Trinajstić information content (AvgIpc) is 2.69. The Kier molecular flexibility index (Phi) is 6.06. The number of rotatable bonds is 6. The number of carbonyl (C=O) groups excluding carboxylic acids is 1. The van der Waals surface area contributed by atoms with Gasteiger partial charge in [-0.25, -0.2) is 4.79 Å². The largest absolute Gasteiger partial charge is 0.497 e. The molecule has 0 spiro atoms. The number of benzene rings is 2. The van der Waals surface area contributed by atoms with Gasteiger partial charge in [-0.1, -0.05) is 43.2 Å². The predicted molar refractivity (Wildman–Crippen MR) is 117 cm³/mol. The molecule has 6 nitrogen and oxygen atoms in total. The van der Waals surface area contributed by atoms with Gasteiger partial charge in [0.15, 0.2) is 0 Å². The summed E-state index contributed by atoms with van der Waals surface area (Å²) in [5, 5.41) is 0. The molecular formula is C24H26N2O4. The van der Waals surface area contributed by atoms with Crippen molar-refractivity contribution >= 4 is 5.78 Å². The van der Waals surface area contributed by atoms with Crippen molar-refractivity contribution in [3.63, 3.8) is 0 Å². The molecule has 0 amide bonds. The number of carbonyl (C=O) groups is 1. The van der Waals surface area contributed by atoms with E-state index in [2.05, 4.69) is 4.98 Å². The Balaban J connectivity index is 2.14. The van der Waals surface area contributed by atoms with Crippen LogP contribution in [0.4, 0.5) is 0 Å². The molecule has 1 N–H and O–H groups in total. The van der Waals surface area contributed by atoms with E-state index in [9.17, 15) is 14.4 Å². The van der Waals surface area contributed by atoms with Gasteiger partial charge in [0.2, 0.25) is 5.78 Å². The topological polar surface area (TPSA) is 81.2 Å². The molecule has 3 aromatic rings. The minimum Gasteiger partial charge on any atom is -0.497 e. The maximum Gasteiger partial charge on any atom is 0.329 e. The maximum absolute atomic E-state index is 13.2. The third-order valence-corrected chi connectivity index (χ3v) is 4.99. The first-order valence-corrected chi connectivity index (χ1v) is 9.84. The number of ketones is 1. The zero-order chi connectivity index (χ0) is 22.0. The summed E-state index contributed by atoms with van der Waals surface area (Å²) in [5.41, 5.74) is 2.40. The van der Waals surface area contributed by atoms with Crippen LogP contribution in [-0.4, -0.2) is 22.4 Å². The van der Waals surface area contributed by atoms with Crippen LogP contribution in [0.25, 0.3) is 0 Å². The molecule has 0 saturated heterocycles. The monoisotopic (exact) mass is 406 g/mol. The zero-order valence-corrected chi connectivity index (χ0v) is 17.9. The van der Waals surface area contributed by atoms with E-state index in [-0.39, 0.29) is 23.9 Å². The highest BCUT2D eigenvalue weighted by Crippen LogP contribution is 2.19. The van der Waals surface area contributed by atoms with Crippen LogP contribution in [0.3, 0.4) is 0 Å². The minimum absolute atomic E-state index is 0.0619. The first kappa shape index (κ1) is 21.3. The van der Waals surface area contributed by atoms with Gasteiger partial charge in [-0.15, -0.1) is 0 Å². The molecule has 0 fully saturated rings. The highest BCUT2D eigenvalue weighted by atomic mass is 16.5. The molecule has 3 rings (SSSR count). The quantitative estimate of drug-likeness (QED) is 0.635. The molecule has 6 heteroatoms. The van der Waals surface area contributed by atoms with Gasteiger partial charge in [-0.2, -0.15) is 0 Å². The van der Waals surface area contributed by atoms with Gasteiger partial charge in [0.25, 0.3) is 5.56 Å². The van der Waals surface area contributed by atoms with Crippen molar-refractivity contribution in [2.45, 2.75) is 40.2 Å². The smallest absolute Gasteiger partial charge is 0.329 e. The Morgan fingerprint density at radius 1 is 1.07 bits per heavy atom. The van der Waals surface area contributed by atoms with E-state index < -0.39 is 11.2 Å². The SMILES string of the molecule is COc1cccc(Cn2c(=O)[nH]c(C(=O)c3cc(C)cc(C)c3)c(C(C)C)c2=O)c1. The normalized spacial score (nSPS) is 11.0. The van der Waals surface area contributed by atoms with Gasteiger partial charge < -0.3 is 9.72 Å². The van der Waals surface area contributed by atoms with Crippen LogP contribution < -0.4 is 16.0 Å². The van der Waals surface area contributed by atoms with E-state index in [0.29, 0.717) is 16.9 Å². The van der Waals surface area contributed by atoms with Gasteiger partial charge in [0, 0.05) is 11.1 Å². The molecule has 30 heavy (non-hydrogen) atoms. The van der Waals surface area contributed by atoms with Gasteiger partial charge >= 0.3 is 5.69 Å². The average molecular weight is 406 g/mol. The van der Waals surface area contributed by atoms with Crippen LogP contribution in [-0.2, 0) is 6.54 Å². The maximum atomic E-state index is 13.2. The Hall–Kier alpha value is -3.41. The van der Waals surface area contributed by atoms with Crippen molar-refractivity contribution < 1.29 is 9.53 Å². The summed E-state index contributed by atoms with van der Waals surface area (Å²) in [5.74, 6) is 0.0478. The molecule has 156 valence electrons. The van der Waals surface area contributed by atoms with Crippen LogP contribution in [0.5, 0.6) is 5.75 Å². The van der Waals surface area contributed by atoms with Gasteiger partial charge in [-0.3, -0.25) is 14.2 Å². The molecule has 0 saturated carbocycles. The predicted octanol–water partition coefficient (Wildman–Crippen LogP) is 3.56. The Morgan fingerprint density at radius 3 is 2.33 bits per heavy atom. The second kappa shape index (κ2) is 8.53. The minimum atomic E-state index is -0.611. The molecule has 2 aromatic carbocycles. The van der Waals surface area contributed by atoms with Crippen molar-refractivity contribution in [1.29, 1.82) is 0 Å². The summed E-state index contributed by atoms with van der Waals surface area (Å²) >= 11 is 0. The van der Waals surface area contributed by atoms with E-state index >= 15 is 0 Å². The van der Waals surface area contributed by atoms with Crippen molar-refractivity contribution in [3.8, 4) is 5.75 Å². The lowest BCUT2D eigenvalue weighted by atomic mass is 9.95. The number of nitrogens with zero attached hydrogens (tertiary/aromatic N) is 1. The first-order chi connectivity index (χ1) is 14.2. The second-order valence-corrected chi connectivity index (χ2v) is 7.82. The Bertz CT molecular complexity index is 1200. The third kappa shape index (κ3) is 4.27. The van der Waals surface area contributed by atoms with Crippen LogP contribution in [0.15, 0.2) is 52.1 Å². The number of aryl methyl sites for hydroxylation is 2. The molecule has 0 aliphatic rings. The van der Waals surface area contributed by atoms with E-state index in [4.69, 9.17) is 4.74 Å². The lowest BCUT2D eigenvalue weighted by molar-refractivity contribution is 0.103.